The third kappa shape index (κ3) is 3.00. The summed E-state index contributed by atoms with van der Waals surface area (Å²) in [5, 5.41) is 15.8. The highest BCUT2D eigenvalue weighted by Crippen LogP contribution is 2.33. The number of nitro benzene ring substituents is 1. The van der Waals surface area contributed by atoms with Crippen molar-refractivity contribution < 1.29 is 18.1 Å². The monoisotopic (exact) mass is 287 g/mol. The molecule has 1 aliphatic carbocycles. The minimum atomic E-state index is -3.98. The first-order valence-corrected chi connectivity index (χ1v) is 7.05. The van der Waals surface area contributed by atoms with E-state index in [0.29, 0.717) is 12.8 Å². The first-order valence-electron chi connectivity index (χ1n) is 5.51. The van der Waals surface area contributed by atoms with Crippen LogP contribution in [0.15, 0.2) is 23.1 Å². The van der Waals surface area contributed by atoms with Gasteiger partial charge in [-0.3, -0.25) is 10.1 Å². The van der Waals surface area contributed by atoms with E-state index in [9.17, 15) is 18.5 Å². The summed E-state index contributed by atoms with van der Waals surface area (Å²) >= 11 is 0. The molecule has 1 aromatic rings. The number of rotatable bonds is 4. The molecule has 0 aliphatic heterocycles. The van der Waals surface area contributed by atoms with Gasteiger partial charge in [-0.25, -0.2) is 13.6 Å². The number of hydrogen-bond acceptors (Lipinski definition) is 6. The summed E-state index contributed by atoms with van der Waals surface area (Å²) in [7, 11) is -3.98. The van der Waals surface area contributed by atoms with Gasteiger partial charge in [0.1, 0.15) is 6.10 Å². The fraction of sp³-hybridized carbons (Fsp3) is 0.400. The molecule has 4 N–H and O–H groups in total. The van der Waals surface area contributed by atoms with Crippen LogP contribution in [-0.2, 0) is 10.0 Å². The van der Waals surface area contributed by atoms with Crippen LogP contribution in [0.5, 0.6) is 5.75 Å². The molecule has 0 spiro atoms. The first-order chi connectivity index (χ1) is 8.77. The predicted octanol–water partition coefficient (Wildman–Crippen LogP) is 0.111. The van der Waals surface area contributed by atoms with E-state index < -0.39 is 20.6 Å². The van der Waals surface area contributed by atoms with Crippen LogP contribution in [-0.4, -0.2) is 25.5 Å². The van der Waals surface area contributed by atoms with E-state index in [1.807, 2.05) is 0 Å². The second-order valence-electron chi connectivity index (χ2n) is 4.40. The zero-order chi connectivity index (χ0) is 14.2. The number of nitrogens with zero attached hydrogens (tertiary/aromatic N) is 1. The Labute approximate surface area is 109 Å². The molecule has 1 aromatic carbocycles. The Bertz CT molecular complexity index is 610. The van der Waals surface area contributed by atoms with Crippen LogP contribution in [0.4, 0.5) is 5.69 Å². The van der Waals surface area contributed by atoms with E-state index in [0.717, 1.165) is 6.07 Å². The third-order valence-corrected chi connectivity index (χ3v) is 3.79. The maximum Gasteiger partial charge on any atom is 0.312 e. The molecule has 0 aromatic heterocycles. The summed E-state index contributed by atoms with van der Waals surface area (Å²) in [6.45, 7) is 0. The van der Waals surface area contributed by atoms with Gasteiger partial charge in [0, 0.05) is 12.1 Å². The topological polar surface area (TPSA) is 139 Å². The average Bonchev–Trinajstić information content (AvgIpc) is 2.25. The van der Waals surface area contributed by atoms with Crippen molar-refractivity contribution in [1.29, 1.82) is 0 Å². The van der Waals surface area contributed by atoms with E-state index >= 15 is 0 Å². The van der Waals surface area contributed by atoms with Gasteiger partial charge in [-0.2, -0.15) is 0 Å². The van der Waals surface area contributed by atoms with Gasteiger partial charge in [0.15, 0.2) is 5.75 Å². The lowest BCUT2D eigenvalue weighted by Gasteiger charge is -2.32. The molecule has 0 amide bonds. The molecule has 9 heteroatoms. The zero-order valence-corrected chi connectivity index (χ0v) is 10.7. The molecule has 0 bridgehead atoms. The van der Waals surface area contributed by atoms with E-state index in [-0.39, 0.29) is 22.8 Å². The molecular weight excluding hydrogens is 274 g/mol. The summed E-state index contributed by atoms with van der Waals surface area (Å²) in [6.07, 6.45) is 1.07. The van der Waals surface area contributed by atoms with Crippen LogP contribution >= 0.6 is 0 Å². The van der Waals surface area contributed by atoms with Crippen molar-refractivity contribution >= 4 is 15.7 Å². The van der Waals surface area contributed by atoms with Gasteiger partial charge in [0.25, 0.3) is 0 Å². The SMILES string of the molecule is NC1CC(Oc2ccc(S(N)(=O)=O)cc2[N+](=O)[O-])C1. The standard InChI is InChI=1S/C10H13N3O5S/c11-6-3-7(4-6)18-10-2-1-8(19(12,16)17)5-9(10)13(14)15/h1-2,5-7H,3-4,11H2,(H2,12,16,17). The number of ether oxygens (including phenoxy) is 1. The highest BCUT2D eigenvalue weighted by Gasteiger charge is 2.30. The molecule has 0 heterocycles. The normalized spacial score (nSPS) is 22.6. The number of sulfonamides is 1. The summed E-state index contributed by atoms with van der Waals surface area (Å²) in [4.78, 5) is 9.89. The Morgan fingerprint density at radius 1 is 1.37 bits per heavy atom. The molecule has 0 saturated heterocycles. The van der Waals surface area contributed by atoms with Crippen molar-refractivity contribution in [1.82, 2.24) is 0 Å². The van der Waals surface area contributed by atoms with Gasteiger partial charge >= 0.3 is 5.69 Å². The van der Waals surface area contributed by atoms with E-state index in [4.69, 9.17) is 15.6 Å². The molecule has 0 radical (unpaired) electrons. The lowest BCUT2D eigenvalue weighted by molar-refractivity contribution is -0.386. The molecule has 0 unspecified atom stereocenters. The molecule has 0 atom stereocenters. The largest absolute Gasteiger partial charge is 0.483 e. The van der Waals surface area contributed by atoms with E-state index in [2.05, 4.69) is 0 Å². The number of benzene rings is 1. The summed E-state index contributed by atoms with van der Waals surface area (Å²) < 4.78 is 27.7. The second-order valence-corrected chi connectivity index (χ2v) is 5.96. The van der Waals surface area contributed by atoms with Gasteiger partial charge in [0.05, 0.1) is 9.82 Å². The van der Waals surface area contributed by atoms with Crippen LogP contribution in [0.3, 0.4) is 0 Å². The molecule has 1 fully saturated rings. The maximum absolute atomic E-state index is 11.1. The molecular formula is C10H13N3O5S. The van der Waals surface area contributed by atoms with Gasteiger partial charge in [-0.15, -0.1) is 0 Å². The van der Waals surface area contributed by atoms with Crippen molar-refractivity contribution in [2.75, 3.05) is 0 Å². The zero-order valence-electron chi connectivity index (χ0n) is 9.85. The van der Waals surface area contributed by atoms with Gasteiger partial charge in [-0.1, -0.05) is 0 Å². The lowest BCUT2D eigenvalue weighted by atomic mass is 9.90. The van der Waals surface area contributed by atoms with Crippen molar-refractivity contribution in [3.05, 3.63) is 28.3 Å². The van der Waals surface area contributed by atoms with E-state index in [1.165, 1.54) is 12.1 Å². The Balaban J connectivity index is 2.31. The van der Waals surface area contributed by atoms with Crippen LogP contribution in [0.1, 0.15) is 12.8 Å². The number of primary sulfonamides is 1. The van der Waals surface area contributed by atoms with Crippen LogP contribution in [0.25, 0.3) is 0 Å². The Morgan fingerprint density at radius 3 is 2.47 bits per heavy atom. The third-order valence-electron chi connectivity index (χ3n) is 2.88. The number of nitro groups is 1. The molecule has 19 heavy (non-hydrogen) atoms. The van der Waals surface area contributed by atoms with Crippen molar-refractivity contribution in [2.24, 2.45) is 10.9 Å². The van der Waals surface area contributed by atoms with Gasteiger partial charge < -0.3 is 10.5 Å². The minimum absolute atomic E-state index is 0.0225. The van der Waals surface area contributed by atoms with E-state index in [1.54, 1.807) is 0 Å². The number of nitrogens with two attached hydrogens (primary N) is 2. The molecule has 104 valence electrons. The lowest BCUT2D eigenvalue weighted by Crippen LogP contribution is -2.43. The van der Waals surface area contributed by atoms with Crippen molar-refractivity contribution in [3.63, 3.8) is 0 Å². The van der Waals surface area contributed by atoms with Gasteiger partial charge in [0.2, 0.25) is 10.0 Å². The summed E-state index contributed by atoms with van der Waals surface area (Å²) in [5.41, 5.74) is 5.17. The maximum atomic E-state index is 11.1. The minimum Gasteiger partial charge on any atom is -0.483 e. The number of hydrogen-bond donors (Lipinski definition) is 2. The quantitative estimate of drug-likeness (QED) is 0.595. The molecule has 1 saturated carbocycles. The van der Waals surface area contributed by atoms with Crippen LogP contribution in [0, 0.1) is 10.1 Å². The Morgan fingerprint density at radius 2 is 2.00 bits per heavy atom. The predicted molar refractivity (Wildman–Crippen MR) is 66.1 cm³/mol. The Kier molecular flexibility index (Phi) is 3.43. The summed E-state index contributed by atoms with van der Waals surface area (Å²) in [5.74, 6) is 0.0225. The average molecular weight is 287 g/mol. The fourth-order valence-corrected chi connectivity index (χ4v) is 2.33. The first kappa shape index (κ1) is 13.7. The molecule has 8 nitrogen and oxygen atoms in total. The highest BCUT2D eigenvalue weighted by molar-refractivity contribution is 7.89. The van der Waals surface area contributed by atoms with Crippen molar-refractivity contribution in [3.8, 4) is 5.75 Å². The van der Waals surface area contributed by atoms with Crippen molar-refractivity contribution in [2.45, 2.75) is 29.9 Å². The Hall–Kier alpha value is -1.71. The summed E-state index contributed by atoms with van der Waals surface area (Å²) in [6, 6.07) is 3.36. The smallest absolute Gasteiger partial charge is 0.312 e. The van der Waals surface area contributed by atoms with Gasteiger partial charge in [-0.05, 0) is 25.0 Å². The second kappa shape index (κ2) is 4.76. The highest BCUT2D eigenvalue weighted by atomic mass is 32.2. The van der Waals surface area contributed by atoms with Crippen LogP contribution in [0.2, 0.25) is 0 Å². The molecule has 2 rings (SSSR count). The molecule has 1 aliphatic rings. The fourth-order valence-electron chi connectivity index (χ4n) is 1.80. The van der Waals surface area contributed by atoms with Crippen LogP contribution < -0.4 is 15.6 Å².